The minimum atomic E-state index is -1.33. The summed E-state index contributed by atoms with van der Waals surface area (Å²) in [5.74, 6) is -0.616. The standard InChI is InChI=1S/C7H11N3O3/c1-13-7(12)6(11)5(9-10-8)4-2-3-4/h4-6,11H,2-3H2,1H3/t5-,6-/m0/s1. The average molecular weight is 185 g/mol. The van der Waals surface area contributed by atoms with Gasteiger partial charge in [0.2, 0.25) is 0 Å². The highest BCUT2D eigenvalue weighted by Gasteiger charge is 2.38. The third kappa shape index (κ3) is 2.34. The van der Waals surface area contributed by atoms with Crippen molar-refractivity contribution < 1.29 is 14.6 Å². The van der Waals surface area contributed by atoms with Crippen molar-refractivity contribution >= 4 is 5.97 Å². The van der Waals surface area contributed by atoms with Gasteiger partial charge in [-0.05, 0) is 24.3 Å². The van der Waals surface area contributed by atoms with Gasteiger partial charge in [-0.15, -0.1) is 0 Å². The molecular formula is C7H11N3O3. The Hall–Kier alpha value is -1.26. The quantitative estimate of drug-likeness (QED) is 0.301. The highest BCUT2D eigenvalue weighted by Crippen LogP contribution is 2.36. The first-order valence-corrected chi connectivity index (χ1v) is 4.00. The molecule has 0 aliphatic heterocycles. The van der Waals surface area contributed by atoms with Gasteiger partial charge in [0, 0.05) is 4.91 Å². The van der Waals surface area contributed by atoms with Crippen molar-refractivity contribution in [3.05, 3.63) is 10.4 Å². The Morgan fingerprint density at radius 3 is 2.77 bits per heavy atom. The molecule has 72 valence electrons. The van der Waals surface area contributed by atoms with Gasteiger partial charge in [0.05, 0.1) is 13.2 Å². The van der Waals surface area contributed by atoms with E-state index >= 15 is 0 Å². The number of ether oxygens (including phenoxy) is 1. The summed E-state index contributed by atoms with van der Waals surface area (Å²) in [7, 11) is 1.19. The number of carbonyl (C=O) groups excluding carboxylic acids is 1. The monoisotopic (exact) mass is 185 g/mol. The molecule has 0 radical (unpaired) electrons. The van der Waals surface area contributed by atoms with Crippen LogP contribution in [0, 0.1) is 5.92 Å². The van der Waals surface area contributed by atoms with E-state index in [-0.39, 0.29) is 5.92 Å². The maximum atomic E-state index is 10.9. The Morgan fingerprint density at radius 1 is 1.77 bits per heavy atom. The van der Waals surface area contributed by atoms with E-state index in [9.17, 15) is 9.90 Å². The van der Waals surface area contributed by atoms with E-state index in [2.05, 4.69) is 14.8 Å². The first kappa shape index (κ1) is 9.83. The van der Waals surface area contributed by atoms with Crippen LogP contribution in [0.2, 0.25) is 0 Å². The van der Waals surface area contributed by atoms with Crippen LogP contribution >= 0.6 is 0 Å². The fourth-order valence-electron chi connectivity index (χ4n) is 1.17. The van der Waals surface area contributed by atoms with Gasteiger partial charge in [-0.2, -0.15) is 0 Å². The second kappa shape index (κ2) is 4.11. The fourth-order valence-corrected chi connectivity index (χ4v) is 1.17. The van der Waals surface area contributed by atoms with E-state index in [1.807, 2.05) is 0 Å². The number of rotatable bonds is 4. The van der Waals surface area contributed by atoms with E-state index in [4.69, 9.17) is 5.53 Å². The van der Waals surface area contributed by atoms with E-state index in [0.717, 1.165) is 12.8 Å². The second-order valence-corrected chi connectivity index (χ2v) is 3.00. The summed E-state index contributed by atoms with van der Waals surface area (Å²) in [5, 5.41) is 12.8. The molecule has 6 nitrogen and oxygen atoms in total. The van der Waals surface area contributed by atoms with Crippen molar-refractivity contribution in [2.45, 2.75) is 25.0 Å². The number of carbonyl (C=O) groups is 1. The normalized spacial score (nSPS) is 19.8. The summed E-state index contributed by atoms with van der Waals surface area (Å²) >= 11 is 0. The molecule has 0 heterocycles. The molecule has 0 aromatic rings. The van der Waals surface area contributed by atoms with Gasteiger partial charge in [-0.25, -0.2) is 4.79 Å². The van der Waals surface area contributed by atoms with Crippen LogP contribution in [-0.4, -0.2) is 30.3 Å². The van der Waals surface area contributed by atoms with Crippen LogP contribution in [0.4, 0.5) is 0 Å². The minimum Gasteiger partial charge on any atom is -0.467 e. The van der Waals surface area contributed by atoms with E-state index < -0.39 is 18.1 Å². The summed E-state index contributed by atoms with van der Waals surface area (Å²) in [5.41, 5.74) is 8.21. The van der Waals surface area contributed by atoms with E-state index in [0.29, 0.717) is 0 Å². The summed E-state index contributed by atoms with van der Waals surface area (Å²) in [4.78, 5) is 13.5. The summed E-state index contributed by atoms with van der Waals surface area (Å²) in [6.07, 6.45) is 0.448. The highest BCUT2D eigenvalue weighted by atomic mass is 16.5. The van der Waals surface area contributed by atoms with E-state index in [1.54, 1.807) is 0 Å². The molecule has 1 saturated carbocycles. The maximum Gasteiger partial charge on any atom is 0.335 e. The molecule has 0 aromatic carbocycles. The summed E-state index contributed by atoms with van der Waals surface area (Å²) in [6.45, 7) is 0. The van der Waals surface area contributed by atoms with Gasteiger partial charge in [0.15, 0.2) is 6.10 Å². The first-order chi connectivity index (χ1) is 6.20. The third-order valence-electron chi connectivity index (χ3n) is 2.06. The van der Waals surface area contributed by atoms with Crippen LogP contribution in [0.1, 0.15) is 12.8 Å². The van der Waals surface area contributed by atoms with Crippen molar-refractivity contribution in [1.82, 2.24) is 0 Å². The largest absolute Gasteiger partial charge is 0.467 e. The molecule has 0 aromatic heterocycles. The Kier molecular flexibility index (Phi) is 3.11. The molecular weight excluding hydrogens is 174 g/mol. The Bertz CT molecular complexity index is 245. The van der Waals surface area contributed by atoms with Crippen LogP contribution in [0.3, 0.4) is 0 Å². The van der Waals surface area contributed by atoms with Gasteiger partial charge >= 0.3 is 5.97 Å². The molecule has 1 aliphatic rings. The zero-order chi connectivity index (χ0) is 9.84. The molecule has 2 atom stereocenters. The lowest BCUT2D eigenvalue weighted by atomic mass is 10.1. The van der Waals surface area contributed by atoms with Gasteiger partial charge in [0.25, 0.3) is 0 Å². The summed E-state index contributed by atoms with van der Waals surface area (Å²) in [6, 6.07) is -0.669. The molecule has 1 rings (SSSR count). The lowest BCUT2D eigenvalue weighted by molar-refractivity contribution is -0.151. The number of methoxy groups -OCH3 is 1. The average Bonchev–Trinajstić information content (AvgIpc) is 2.95. The second-order valence-electron chi connectivity index (χ2n) is 3.00. The SMILES string of the molecule is COC(=O)[C@@H](O)[C@@H](N=[N+]=[N-])C1CC1. The smallest absolute Gasteiger partial charge is 0.335 e. The molecule has 0 amide bonds. The van der Waals surface area contributed by atoms with Crippen LogP contribution in [0.15, 0.2) is 5.11 Å². The van der Waals surface area contributed by atoms with Gasteiger partial charge in [-0.1, -0.05) is 5.11 Å². The maximum absolute atomic E-state index is 10.9. The Morgan fingerprint density at radius 2 is 2.38 bits per heavy atom. The van der Waals surface area contributed by atoms with Crippen LogP contribution in [0.5, 0.6) is 0 Å². The number of aliphatic hydroxyl groups excluding tert-OH is 1. The summed E-state index contributed by atoms with van der Waals surface area (Å²) < 4.78 is 4.34. The molecule has 1 aliphatic carbocycles. The lowest BCUT2D eigenvalue weighted by Crippen LogP contribution is -2.34. The topological polar surface area (TPSA) is 95.3 Å². The number of hydrogen-bond acceptors (Lipinski definition) is 4. The van der Waals surface area contributed by atoms with Crippen molar-refractivity contribution in [1.29, 1.82) is 0 Å². The molecule has 1 N–H and O–H groups in total. The van der Waals surface area contributed by atoms with Crippen molar-refractivity contribution in [3.8, 4) is 0 Å². The number of nitrogens with zero attached hydrogens (tertiary/aromatic N) is 3. The molecule has 13 heavy (non-hydrogen) atoms. The van der Waals surface area contributed by atoms with Crippen LogP contribution < -0.4 is 0 Å². The molecule has 6 heteroatoms. The van der Waals surface area contributed by atoms with Crippen LogP contribution in [0.25, 0.3) is 10.4 Å². The van der Waals surface area contributed by atoms with Gasteiger partial charge in [0.1, 0.15) is 0 Å². The number of aliphatic hydroxyl groups is 1. The predicted molar refractivity (Wildman–Crippen MR) is 43.7 cm³/mol. The first-order valence-electron chi connectivity index (χ1n) is 4.00. The van der Waals surface area contributed by atoms with Crippen molar-refractivity contribution in [2.75, 3.05) is 7.11 Å². The lowest BCUT2D eigenvalue weighted by Gasteiger charge is -2.14. The predicted octanol–water partition coefficient (Wildman–Crippen LogP) is 0.609. The molecule has 0 bridgehead atoms. The van der Waals surface area contributed by atoms with Crippen LogP contribution in [-0.2, 0) is 9.53 Å². The van der Waals surface area contributed by atoms with Crippen molar-refractivity contribution in [3.63, 3.8) is 0 Å². The number of azide groups is 1. The van der Waals surface area contributed by atoms with Crippen molar-refractivity contribution in [2.24, 2.45) is 11.0 Å². The Balaban J connectivity index is 2.62. The third-order valence-corrected chi connectivity index (χ3v) is 2.06. The zero-order valence-electron chi connectivity index (χ0n) is 7.25. The highest BCUT2D eigenvalue weighted by molar-refractivity contribution is 5.75. The number of esters is 1. The van der Waals surface area contributed by atoms with E-state index in [1.165, 1.54) is 7.11 Å². The molecule has 0 spiro atoms. The zero-order valence-corrected chi connectivity index (χ0v) is 7.25. The number of hydrogen-bond donors (Lipinski definition) is 1. The molecule has 1 fully saturated rings. The molecule has 0 unspecified atom stereocenters. The fraction of sp³-hybridized carbons (Fsp3) is 0.857. The Labute approximate surface area is 75.1 Å². The minimum absolute atomic E-state index is 0.130. The van der Waals surface area contributed by atoms with Gasteiger partial charge < -0.3 is 9.84 Å². The molecule has 0 saturated heterocycles. The van der Waals surface area contributed by atoms with Gasteiger partial charge in [-0.3, -0.25) is 0 Å².